The van der Waals surface area contributed by atoms with Gasteiger partial charge in [0.15, 0.2) is 0 Å². The standard InChI is InChI=1S/C16H20N4OS/c1-11-18-16(19-22-11)20-14(12-7-4-3-5-8-12)10-6-9-13(17-2)15(20)21/h3-5,7-8,13-14,17H,6,9-10H2,1-2H3. The highest BCUT2D eigenvalue weighted by Crippen LogP contribution is 2.34. The molecule has 1 fully saturated rings. The molecular formula is C16H20N4OS. The van der Waals surface area contributed by atoms with Crippen molar-refractivity contribution in [3.8, 4) is 0 Å². The zero-order valence-corrected chi connectivity index (χ0v) is 13.6. The summed E-state index contributed by atoms with van der Waals surface area (Å²) in [7, 11) is 1.84. The SMILES string of the molecule is CNC1CCCC(c2ccccc2)N(c2nsc(C)n2)C1=O. The molecule has 1 aromatic carbocycles. The van der Waals surface area contributed by atoms with Crippen LogP contribution in [-0.4, -0.2) is 28.4 Å². The monoisotopic (exact) mass is 316 g/mol. The number of hydrogen-bond acceptors (Lipinski definition) is 5. The summed E-state index contributed by atoms with van der Waals surface area (Å²) in [6, 6.07) is 10.00. The lowest BCUT2D eigenvalue weighted by molar-refractivity contribution is -0.120. The van der Waals surface area contributed by atoms with Crippen LogP contribution in [0.1, 0.15) is 35.9 Å². The van der Waals surface area contributed by atoms with Crippen molar-refractivity contribution >= 4 is 23.4 Å². The first-order valence-electron chi connectivity index (χ1n) is 7.56. The molecule has 1 saturated heterocycles. The van der Waals surface area contributed by atoms with Gasteiger partial charge >= 0.3 is 0 Å². The number of likely N-dealkylation sites (N-methyl/N-ethyl adjacent to an activating group) is 1. The molecule has 1 N–H and O–H groups in total. The molecule has 22 heavy (non-hydrogen) atoms. The summed E-state index contributed by atoms with van der Waals surface area (Å²) in [6.07, 6.45) is 2.76. The van der Waals surface area contributed by atoms with Crippen molar-refractivity contribution in [1.82, 2.24) is 14.7 Å². The Morgan fingerprint density at radius 1 is 1.27 bits per heavy atom. The van der Waals surface area contributed by atoms with Gasteiger partial charge in [0.05, 0.1) is 12.1 Å². The average molecular weight is 316 g/mol. The normalized spacial score (nSPS) is 22.6. The van der Waals surface area contributed by atoms with Crippen LogP contribution in [0.5, 0.6) is 0 Å². The number of anilines is 1. The summed E-state index contributed by atoms with van der Waals surface area (Å²) in [6.45, 7) is 1.91. The van der Waals surface area contributed by atoms with Crippen LogP contribution in [-0.2, 0) is 4.79 Å². The Balaban J connectivity index is 2.03. The molecule has 2 heterocycles. The van der Waals surface area contributed by atoms with E-state index in [2.05, 4.69) is 26.8 Å². The first-order valence-corrected chi connectivity index (χ1v) is 8.33. The highest BCUT2D eigenvalue weighted by molar-refractivity contribution is 7.05. The molecule has 2 unspecified atom stereocenters. The van der Waals surface area contributed by atoms with Crippen LogP contribution in [0.25, 0.3) is 0 Å². The molecule has 5 nitrogen and oxygen atoms in total. The third-order valence-electron chi connectivity index (χ3n) is 4.08. The highest BCUT2D eigenvalue weighted by Gasteiger charge is 2.36. The predicted octanol–water partition coefficient (Wildman–Crippen LogP) is 2.69. The van der Waals surface area contributed by atoms with Crippen LogP contribution < -0.4 is 10.2 Å². The van der Waals surface area contributed by atoms with Crippen LogP contribution in [0.3, 0.4) is 0 Å². The highest BCUT2D eigenvalue weighted by atomic mass is 32.1. The van der Waals surface area contributed by atoms with E-state index < -0.39 is 0 Å². The third kappa shape index (κ3) is 2.89. The number of hydrogen-bond donors (Lipinski definition) is 1. The lowest BCUT2D eigenvalue weighted by Gasteiger charge is -2.29. The lowest BCUT2D eigenvalue weighted by atomic mass is 10.0. The lowest BCUT2D eigenvalue weighted by Crippen LogP contribution is -2.45. The van der Waals surface area contributed by atoms with Gasteiger partial charge in [0.1, 0.15) is 5.01 Å². The minimum absolute atomic E-state index is 0.000972. The Morgan fingerprint density at radius 3 is 2.68 bits per heavy atom. The Kier molecular flexibility index (Phi) is 4.49. The van der Waals surface area contributed by atoms with Gasteiger partial charge < -0.3 is 5.32 Å². The zero-order chi connectivity index (χ0) is 15.5. The van der Waals surface area contributed by atoms with E-state index in [1.54, 1.807) is 4.90 Å². The van der Waals surface area contributed by atoms with E-state index in [1.165, 1.54) is 11.5 Å². The summed E-state index contributed by atoms with van der Waals surface area (Å²) < 4.78 is 4.38. The number of carbonyl (C=O) groups excluding carboxylic acids is 1. The number of amides is 1. The van der Waals surface area contributed by atoms with E-state index >= 15 is 0 Å². The van der Waals surface area contributed by atoms with Gasteiger partial charge in [-0.3, -0.25) is 9.69 Å². The number of rotatable bonds is 3. The van der Waals surface area contributed by atoms with Gasteiger partial charge in [-0.1, -0.05) is 30.3 Å². The molecule has 1 aliphatic heterocycles. The Labute approximate surface area is 134 Å². The molecule has 3 rings (SSSR count). The smallest absolute Gasteiger partial charge is 0.247 e. The van der Waals surface area contributed by atoms with E-state index in [4.69, 9.17) is 0 Å². The van der Waals surface area contributed by atoms with Gasteiger partial charge in [0, 0.05) is 0 Å². The largest absolute Gasteiger partial charge is 0.309 e. The van der Waals surface area contributed by atoms with E-state index in [-0.39, 0.29) is 18.0 Å². The van der Waals surface area contributed by atoms with Gasteiger partial charge in [-0.05, 0) is 50.3 Å². The molecule has 2 atom stereocenters. The fourth-order valence-electron chi connectivity index (χ4n) is 2.97. The van der Waals surface area contributed by atoms with Crippen molar-refractivity contribution in [2.45, 2.75) is 38.3 Å². The molecule has 0 aliphatic carbocycles. The molecule has 0 bridgehead atoms. The van der Waals surface area contributed by atoms with Crippen molar-refractivity contribution in [1.29, 1.82) is 0 Å². The molecule has 1 aliphatic rings. The van der Waals surface area contributed by atoms with Crippen LogP contribution >= 0.6 is 11.5 Å². The molecule has 1 amide bonds. The van der Waals surface area contributed by atoms with E-state index in [9.17, 15) is 4.79 Å². The van der Waals surface area contributed by atoms with Gasteiger partial charge in [-0.25, -0.2) is 4.98 Å². The molecular weight excluding hydrogens is 296 g/mol. The van der Waals surface area contributed by atoms with E-state index in [1.807, 2.05) is 32.2 Å². The summed E-state index contributed by atoms with van der Waals surface area (Å²) in [5.74, 6) is 0.593. The molecule has 116 valence electrons. The first-order chi connectivity index (χ1) is 10.7. The van der Waals surface area contributed by atoms with Crippen LogP contribution in [0, 0.1) is 6.92 Å². The minimum atomic E-state index is -0.169. The molecule has 1 aromatic heterocycles. The molecule has 0 saturated carbocycles. The average Bonchev–Trinajstić information content (AvgIpc) is 2.89. The van der Waals surface area contributed by atoms with E-state index in [0.29, 0.717) is 5.95 Å². The maximum Gasteiger partial charge on any atom is 0.247 e. The fraction of sp³-hybridized carbons (Fsp3) is 0.438. The maximum absolute atomic E-state index is 13.0. The van der Waals surface area contributed by atoms with Crippen molar-refractivity contribution in [3.63, 3.8) is 0 Å². The second-order valence-corrected chi connectivity index (χ2v) is 6.48. The number of carbonyl (C=O) groups is 1. The Morgan fingerprint density at radius 2 is 2.05 bits per heavy atom. The summed E-state index contributed by atoms with van der Waals surface area (Å²) in [5, 5.41) is 4.00. The van der Waals surface area contributed by atoms with Crippen LogP contribution in [0.4, 0.5) is 5.95 Å². The fourth-order valence-corrected chi connectivity index (χ4v) is 3.44. The number of aromatic nitrogens is 2. The Bertz CT molecular complexity index is 643. The van der Waals surface area contributed by atoms with Crippen LogP contribution in [0.2, 0.25) is 0 Å². The van der Waals surface area contributed by atoms with Gasteiger partial charge in [0.25, 0.3) is 0 Å². The summed E-state index contributed by atoms with van der Waals surface area (Å²) in [5.41, 5.74) is 1.14. The van der Waals surface area contributed by atoms with Crippen molar-refractivity contribution in [3.05, 3.63) is 40.9 Å². The summed E-state index contributed by atoms with van der Waals surface area (Å²) in [4.78, 5) is 19.2. The summed E-state index contributed by atoms with van der Waals surface area (Å²) >= 11 is 1.34. The molecule has 0 spiro atoms. The molecule has 0 radical (unpaired) electrons. The topological polar surface area (TPSA) is 58.1 Å². The zero-order valence-electron chi connectivity index (χ0n) is 12.8. The van der Waals surface area contributed by atoms with Gasteiger partial charge in [0.2, 0.25) is 11.9 Å². The van der Waals surface area contributed by atoms with Gasteiger partial charge in [-0.15, -0.1) is 0 Å². The van der Waals surface area contributed by atoms with E-state index in [0.717, 1.165) is 29.8 Å². The second-order valence-electron chi connectivity index (χ2n) is 5.52. The quantitative estimate of drug-likeness (QED) is 0.946. The second kappa shape index (κ2) is 6.54. The number of benzene rings is 1. The first kappa shape index (κ1) is 15.1. The third-order valence-corrected chi connectivity index (χ3v) is 4.69. The minimum Gasteiger partial charge on any atom is -0.309 e. The van der Waals surface area contributed by atoms with Crippen molar-refractivity contribution in [2.75, 3.05) is 11.9 Å². The molecule has 6 heteroatoms. The predicted molar refractivity (Wildman–Crippen MR) is 88.0 cm³/mol. The number of aryl methyl sites for hydroxylation is 1. The number of nitrogens with one attached hydrogen (secondary N) is 1. The van der Waals surface area contributed by atoms with Crippen molar-refractivity contribution in [2.24, 2.45) is 0 Å². The van der Waals surface area contributed by atoms with Crippen molar-refractivity contribution < 1.29 is 4.79 Å². The Hall–Kier alpha value is -1.79. The maximum atomic E-state index is 13.0. The van der Waals surface area contributed by atoms with Gasteiger partial charge in [-0.2, -0.15) is 4.37 Å². The number of nitrogens with zero attached hydrogens (tertiary/aromatic N) is 3. The molecule has 2 aromatic rings. The van der Waals surface area contributed by atoms with Crippen LogP contribution in [0.15, 0.2) is 30.3 Å².